The molecule has 0 amide bonds. The van der Waals surface area contributed by atoms with Gasteiger partial charge in [0.1, 0.15) is 11.9 Å². The molecule has 1 fully saturated rings. The molecule has 1 atom stereocenters. The lowest BCUT2D eigenvalue weighted by Crippen LogP contribution is -2.41. The number of nitrogens with zero attached hydrogens (tertiary/aromatic N) is 5. The summed E-state index contributed by atoms with van der Waals surface area (Å²) < 4.78 is 5.56. The summed E-state index contributed by atoms with van der Waals surface area (Å²) in [6.07, 6.45) is 6.90. The second kappa shape index (κ2) is 5.27. The van der Waals surface area contributed by atoms with Crippen LogP contribution in [0.3, 0.4) is 0 Å². The van der Waals surface area contributed by atoms with Crippen LogP contribution in [0.2, 0.25) is 0 Å². The molecule has 2 aromatic rings. The van der Waals surface area contributed by atoms with Crippen LogP contribution < -0.4 is 4.90 Å². The molecular weight excluding hydrogens is 242 g/mol. The molecule has 6 heteroatoms. The fourth-order valence-corrected chi connectivity index (χ4v) is 2.16. The number of rotatable bonds is 2. The summed E-state index contributed by atoms with van der Waals surface area (Å²) in [6, 6.07) is 1.88. The monoisotopic (exact) mass is 257 g/mol. The van der Waals surface area contributed by atoms with Gasteiger partial charge in [0.25, 0.3) is 0 Å². The van der Waals surface area contributed by atoms with E-state index in [0.717, 1.165) is 23.9 Å². The van der Waals surface area contributed by atoms with Crippen molar-refractivity contribution < 1.29 is 4.74 Å². The standard InChI is InChI=1S/C13H15N5O/c1-10-2-3-16-13(17-10)11-9-19-7-6-18(11)12-8-14-4-5-15-12/h2-5,8,11H,6-7,9H2,1H3/t11-/m1/s1. The lowest BCUT2D eigenvalue weighted by molar-refractivity contribution is 0.0912. The molecule has 0 aliphatic carbocycles. The number of ether oxygens (including phenoxy) is 1. The van der Waals surface area contributed by atoms with Crippen LogP contribution in [0.15, 0.2) is 30.9 Å². The molecule has 3 rings (SSSR count). The molecule has 0 bridgehead atoms. The normalized spacial score (nSPS) is 19.4. The van der Waals surface area contributed by atoms with Crippen molar-refractivity contribution in [2.24, 2.45) is 0 Å². The Labute approximate surface area is 111 Å². The predicted molar refractivity (Wildman–Crippen MR) is 69.7 cm³/mol. The molecule has 0 radical (unpaired) electrons. The van der Waals surface area contributed by atoms with Gasteiger partial charge in [0.05, 0.1) is 19.4 Å². The third kappa shape index (κ3) is 2.53. The third-order valence-electron chi connectivity index (χ3n) is 3.08. The minimum absolute atomic E-state index is 0.00894. The summed E-state index contributed by atoms with van der Waals surface area (Å²) in [4.78, 5) is 19.5. The highest BCUT2D eigenvalue weighted by atomic mass is 16.5. The van der Waals surface area contributed by atoms with E-state index in [-0.39, 0.29) is 6.04 Å². The van der Waals surface area contributed by atoms with E-state index in [9.17, 15) is 0 Å². The number of aromatic nitrogens is 4. The highest BCUT2D eigenvalue weighted by Crippen LogP contribution is 2.25. The zero-order chi connectivity index (χ0) is 13.1. The molecule has 1 aliphatic heterocycles. The van der Waals surface area contributed by atoms with Gasteiger partial charge in [-0.2, -0.15) is 0 Å². The molecule has 0 aromatic carbocycles. The average molecular weight is 257 g/mol. The Morgan fingerprint density at radius 1 is 1.26 bits per heavy atom. The van der Waals surface area contributed by atoms with E-state index in [4.69, 9.17) is 4.74 Å². The highest BCUT2D eigenvalue weighted by Gasteiger charge is 2.28. The van der Waals surface area contributed by atoms with Gasteiger partial charge in [-0.05, 0) is 13.0 Å². The number of morpholine rings is 1. The third-order valence-corrected chi connectivity index (χ3v) is 3.08. The number of aryl methyl sites for hydroxylation is 1. The SMILES string of the molecule is Cc1ccnc([C@H]2COCCN2c2cnccn2)n1. The minimum Gasteiger partial charge on any atom is -0.377 e. The molecular formula is C13H15N5O. The average Bonchev–Trinajstić information content (AvgIpc) is 2.48. The molecule has 2 aromatic heterocycles. The first-order valence-electron chi connectivity index (χ1n) is 6.24. The van der Waals surface area contributed by atoms with Crippen molar-refractivity contribution in [3.8, 4) is 0 Å². The van der Waals surface area contributed by atoms with Crippen LogP contribution in [0.4, 0.5) is 5.82 Å². The van der Waals surface area contributed by atoms with Gasteiger partial charge in [-0.1, -0.05) is 0 Å². The van der Waals surface area contributed by atoms with Crippen LogP contribution >= 0.6 is 0 Å². The van der Waals surface area contributed by atoms with E-state index in [0.29, 0.717) is 13.2 Å². The first-order chi connectivity index (χ1) is 9.34. The second-order valence-corrected chi connectivity index (χ2v) is 4.40. The van der Waals surface area contributed by atoms with Crippen molar-refractivity contribution in [2.45, 2.75) is 13.0 Å². The van der Waals surface area contributed by atoms with Crippen LogP contribution in [0.1, 0.15) is 17.6 Å². The van der Waals surface area contributed by atoms with Crippen LogP contribution in [-0.2, 0) is 4.74 Å². The molecule has 1 aliphatic rings. The lowest BCUT2D eigenvalue weighted by Gasteiger charge is -2.35. The molecule has 0 N–H and O–H groups in total. The summed E-state index contributed by atoms with van der Waals surface area (Å²) in [5.74, 6) is 1.60. The maximum atomic E-state index is 5.56. The second-order valence-electron chi connectivity index (χ2n) is 4.40. The van der Waals surface area contributed by atoms with Gasteiger partial charge in [-0.25, -0.2) is 15.0 Å². The molecule has 0 spiro atoms. The van der Waals surface area contributed by atoms with E-state index in [1.807, 2.05) is 13.0 Å². The Hall–Kier alpha value is -2.08. The summed E-state index contributed by atoms with van der Waals surface area (Å²) in [5.41, 5.74) is 0.953. The molecule has 98 valence electrons. The number of anilines is 1. The van der Waals surface area contributed by atoms with E-state index in [2.05, 4.69) is 24.8 Å². The predicted octanol–water partition coefficient (Wildman–Crippen LogP) is 1.15. The maximum absolute atomic E-state index is 5.56. The number of hydrogen-bond donors (Lipinski definition) is 0. The first kappa shape index (κ1) is 12.0. The van der Waals surface area contributed by atoms with Crippen molar-refractivity contribution in [3.63, 3.8) is 0 Å². The largest absolute Gasteiger partial charge is 0.377 e. The van der Waals surface area contributed by atoms with Gasteiger partial charge in [0.2, 0.25) is 0 Å². The van der Waals surface area contributed by atoms with Crippen LogP contribution in [-0.4, -0.2) is 39.7 Å². The molecule has 0 unspecified atom stereocenters. The Morgan fingerprint density at radius 3 is 3.00 bits per heavy atom. The fraction of sp³-hybridized carbons (Fsp3) is 0.385. The van der Waals surface area contributed by atoms with E-state index in [1.54, 1.807) is 24.8 Å². The first-order valence-corrected chi connectivity index (χ1v) is 6.24. The molecule has 3 heterocycles. The van der Waals surface area contributed by atoms with Gasteiger partial charge in [-0.3, -0.25) is 4.98 Å². The Bertz CT molecular complexity index is 548. The zero-order valence-electron chi connectivity index (χ0n) is 10.7. The number of hydrogen-bond acceptors (Lipinski definition) is 6. The Balaban J connectivity index is 1.93. The summed E-state index contributed by atoms with van der Waals surface area (Å²) >= 11 is 0. The summed E-state index contributed by atoms with van der Waals surface area (Å²) in [7, 11) is 0. The lowest BCUT2D eigenvalue weighted by atomic mass is 10.2. The summed E-state index contributed by atoms with van der Waals surface area (Å²) in [5, 5.41) is 0. The van der Waals surface area contributed by atoms with Gasteiger partial charge in [0, 0.05) is 30.8 Å². The Kier molecular flexibility index (Phi) is 3.33. The van der Waals surface area contributed by atoms with Gasteiger partial charge < -0.3 is 9.64 Å². The molecule has 6 nitrogen and oxygen atoms in total. The van der Waals surface area contributed by atoms with Gasteiger partial charge in [0.15, 0.2) is 5.82 Å². The topological polar surface area (TPSA) is 64.0 Å². The highest BCUT2D eigenvalue weighted by molar-refractivity contribution is 5.38. The Morgan fingerprint density at radius 2 is 2.21 bits per heavy atom. The maximum Gasteiger partial charge on any atom is 0.153 e. The smallest absolute Gasteiger partial charge is 0.153 e. The molecule has 1 saturated heterocycles. The molecule has 19 heavy (non-hydrogen) atoms. The molecule has 0 saturated carbocycles. The van der Waals surface area contributed by atoms with E-state index in [1.165, 1.54) is 0 Å². The summed E-state index contributed by atoms with van der Waals surface area (Å²) in [6.45, 7) is 3.97. The van der Waals surface area contributed by atoms with Gasteiger partial charge >= 0.3 is 0 Å². The zero-order valence-corrected chi connectivity index (χ0v) is 10.7. The van der Waals surface area contributed by atoms with Crippen LogP contribution in [0.25, 0.3) is 0 Å². The van der Waals surface area contributed by atoms with Crippen molar-refractivity contribution >= 4 is 5.82 Å². The van der Waals surface area contributed by atoms with Gasteiger partial charge in [-0.15, -0.1) is 0 Å². The van der Waals surface area contributed by atoms with Crippen LogP contribution in [0.5, 0.6) is 0 Å². The van der Waals surface area contributed by atoms with Crippen molar-refractivity contribution in [3.05, 3.63) is 42.4 Å². The van der Waals surface area contributed by atoms with E-state index >= 15 is 0 Å². The van der Waals surface area contributed by atoms with E-state index < -0.39 is 0 Å². The van der Waals surface area contributed by atoms with Crippen molar-refractivity contribution in [1.29, 1.82) is 0 Å². The fourth-order valence-electron chi connectivity index (χ4n) is 2.16. The van der Waals surface area contributed by atoms with Crippen molar-refractivity contribution in [1.82, 2.24) is 19.9 Å². The van der Waals surface area contributed by atoms with Crippen molar-refractivity contribution in [2.75, 3.05) is 24.7 Å². The minimum atomic E-state index is -0.00894. The quantitative estimate of drug-likeness (QED) is 0.804. The van der Waals surface area contributed by atoms with Crippen LogP contribution in [0, 0.1) is 6.92 Å².